The van der Waals surface area contributed by atoms with Gasteiger partial charge in [0, 0.05) is 17.0 Å². The van der Waals surface area contributed by atoms with Gasteiger partial charge >= 0.3 is 6.36 Å². The average molecular weight is 487 g/mol. The maximum Gasteiger partial charge on any atom is 0.573 e. The minimum absolute atomic E-state index is 0.138. The number of aromatic nitrogens is 4. The van der Waals surface area contributed by atoms with Crippen molar-refractivity contribution in [3.05, 3.63) is 76.6 Å². The molecule has 1 N–H and O–H groups in total. The quantitative estimate of drug-likeness (QED) is 0.413. The number of benzene rings is 2. The van der Waals surface area contributed by atoms with E-state index >= 15 is 0 Å². The molecule has 1 fully saturated rings. The summed E-state index contributed by atoms with van der Waals surface area (Å²) >= 11 is 0. The largest absolute Gasteiger partial charge is 0.573 e. The molecular weight excluding hydrogens is 470 g/mol. The summed E-state index contributed by atoms with van der Waals surface area (Å²) in [5, 5.41) is 11.8. The number of hydrogen-bond acceptors (Lipinski definition) is 5. The van der Waals surface area contributed by atoms with Crippen LogP contribution >= 0.6 is 0 Å². The zero-order valence-corrected chi connectivity index (χ0v) is 17.9. The smallest absolute Gasteiger partial charge is 0.406 e. The molecule has 1 aliphatic rings. The monoisotopic (exact) mass is 487 g/mol. The van der Waals surface area contributed by atoms with Gasteiger partial charge in [0.15, 0.2) is 0 Å². The Morgan fingerprint density at radius 3 is 2.40 bits per heavy atom. The molecule has 0 aliphatic heterocycles. The van der Waals surface area contributed by atoms with Crippen LogP contribution in [0.1, 0.15) is 24.5 Å². The first-order chi connectivity index (χ1) is 16.7. The standard InChI is InChI=1S/C23H17F4N5O3/c24-14-3-7-16(8-4-14)32-21-18(11-28-32)20(13-1-2-13)30-31(22(21)34)12-19(33)29-15-5-9-17(10-6-15)35-23(25,26)27/h3-11,13H,1-2,12H2,(H,29,33). The molecule has 1 amide bonds. The summed E-state index contributed by atoms with van der Waals surface area (Å²) in [6.45, 7) is -0.427. The number of amides is 1. The Bertz CT molecular complexity index is 1460. The van der Waals surface area contributed by atoms with E-state index in [0.29, 0.717) is 16.8 Å². The van der Waals surface area contributed by atoms with Gasteiger partial charge in [-0.2, -0.15) is 10.2 Å². The number of rotatable bonds is 6. The lowest BCUT2D eigenvalue weighted by molar-refractivity contribution is -0.274. The van der Waals surface area contributed by atoms with Gasteiger partial charge in [0.1, 0.15) is 23.6 Å². The zero-order valence-electron chi connectivity index (χ0n) is 17.9. The number of halogens is 4. The van der Waals surface area contributed by atoms with Crippen LogP contribution in [-0.4, -0.2) is 31.8 Å². The number of alkyl halides is 3. The minimum Gasteiger partial charge on any atom is -0.406 e. The summed E-state index contributed by atoms with van der Waals surface area (Å²) in [6.07, 6.45) is -1.51. The van der Waals surface area contributed by atoms with Gasteiger partial charge in [-0.25, -0.2) is 13.8 Å². The van der Waals surface area contributed by atoms with Crippen LogP contribution in [0.25, 0.3) is 16.6 Å². The van der Waals surface area contributed by atoms with Crippen molar-refractivity contribution in [1.29, 1.82) is 0 Å². The Morgan fingerprint density at radius 2 is 1.77 bits per heavy atom. The Hall–Kier alpha value is -4.22. The van der Waals surface area contributed by atoms with Gasteiger partial charge in [-0.05, 0) is 61.4 Å². The third kappa shape index (κ3) is 4.86. The summed E-state index contributed by atoms with van der Waals surface area (Å²) in [6, 6.07) is 10.1. The summed E-state index contributed by atoms with van der Waals surface area (Å²) in [5.74, 6) is -1.32. The normalized spacial score (nSPS) is 13.7. The van der Waals surface area contributed by atoms with Crippen LogP contribution in [0, 0.1) is 5.82 Å². The highest BCUT2D eigenvalue weighted by atomic mass is 19.4. The Balaban J connectivity index is 1.43. The molecule has 0 saturated heterocycles. The van der Waals surface area contributed by atoms with Crippen molar-refractivity contribution in [1.82, 2.24) is 19.6 Å². The van der Waals surface area contributed by atoms with Crippen LogP contribution in [0.5, 0.6) is 5.75 Å². The molecule has 1 aliphatic carbocycles. The summed E-state index contributed by atoms with van der Waals surface area (Å²) in [4.78, 5) is 25.9. The molecule has 2 heterocycles. The van der Waals surface area contributed by atoms with Gasteiger partial charge in [-0.15, -0.1) is 13.2 Å². The van der Waals surface area contributed by atoms with Crippen molar-refractivity contribution >= 4 is 22.5 Å². The molecule has 0 spiro atoms. The zero-order chi connectivity index (χ0) is 24.7. The third-order valence-electron chi connectivity index (χ3n) is 5.41. The van der Waals surface area contributed by atoms with Crippen LogP contribution in [0.15, 0.2) is 59.5 Å². The number of nitrogens with zero attached hydrogens (tertiary/aromatic N) is 4. The Kier molecular flexibility index (Phi) is 5.50. The second kappa shape index (κ2) is 8.53. The van der Waals surface area contributed by atoms with Crippen LogP contribution in [0.4, 0.5) is 23.2 Å². The van der Waals surface area contributed by atoms with Crippen molar-refractivity contribution in [2.24, 2.45) is 0 Å². The number of nitrogens with one attached hydrogen (secondary N) is 1. The van der Waals surface area contributed by atoms with Gasteiger partial charge in [-0.1, -0.05) is 0 Å². The van der Waals surface area contributed by atoms with Gasteiger partial charge in [-0.3, -0.25) is 9.59 Å². The molecule has 0 atom stereocenters. The van der Waals surface area contributed by atoms with Crippen LogP contribution in [0.3, 0.4) is 0 Å². The van der Waals surface area contributed by atoms with E-state index in [1.54, 1.807) is 0 Å². The second-order valence-electron chi connectivity index (χ2n) is 8.04. The molecule has 2 aromatic heterocycles. The van der Waals surface area contributed by atoms with E-state index in [1.165, 1.54) is 47.3 Å². The first-order valence-corrected chi connectivity index (χ1v) is 10.6. The van der Waals surface area contributed by atoms with E-state index < -0.39 is 35.9 Å². The number of ether oxygens (including phenoxy) is 1. The van der Waals surface area contributed by atoms with E-state index in [-0.39, 0.29) is 17.1 Å². The van der Waals surface area contributed by atoms with Crippen molar-refractivity contribution in [3.63, 3.8) is 0 Å². The fourth-order valence-electron chi connectivity index (χ4n) is 3.71. The highest BCUT2D eigenvalue weighted by Crippen LogP contribution is 2.41. The predicted octanol–water partition coefficient (Wildman–Crippen LogP) is 4.14. The first-order valence-electron chi connectivity index (χ1n) is 10.6. The minimum atomic E-state index is -4.82. The van der Waals surface area contributed by atoms with E-state index in [2.05, 4.69) is 20.3 Å². The van der Waals surface area contributed by atoms with Gasteiger partial charge < -0.3 is 10.1 Å². The predicted molar refractivity (Wildman–Crippen MR) is 117 cm³/mol. The highest BCUT2D eigenvalue weighted by molar-refractivity contribution is 5.91. The Morgan fingerprint density at radius 1 is 1.09 bits per heavy atom. The molecule has 12 heteroatoms. The van der Waals surface area contributed by atoms with E-state index in [0.717, 1.165) is 29.7 Å². The van der Waals surface area contributed by atoms with Gasteiger partial charge in [0.05, 0.1) is 17.6 Å². The molecular formula is C23H17F4N5O3. The maximum atomic E-state index is 13.4. The summed E-state index contributed by atoms with van der Waals surface area (Å²) in [5.41, 5.74) is 1.00. The lowest BCUT2D eigenvalue weighted by Gasteiger charge is -2.11. The molecule has 1 saturated carbocycles. The molecule has 180 valence electrons. The van der Waals surface area contributed by atoms with Crippen LogP contribution < -0.4 is 15.6 Å². The number of carbonyl (C=O) groups is 1. The maximum absolute atomic E-state index is 13.4. The Labute approximate surface area is 194 Å². The number of fused-ring (bicyclic) bond motifs is 1. The fourth-order valence-corrected chi connectivity index (χ4v) is 3.71. The van der Waals surface area contributed by atoms with E-state index in [9.17, 15) is 27.2 Å². The molecule has 0 bridgehead atoms. The van der Waals surface area contributed by atoms with Crippen molar-refractivity contribution in [2.45, 2.75) is 31.7 Å². The lowest BCUT2D eigenvalue weighted by atomic mass is 10.2. The topological polar surface area (TPSA) is 91.0 Å². The van der Waals surface area contributed by atoms with E-state index in [4.69, 9.17) is 0 Å². The number of anilines is 1. The van der Waals surface area contributed by atoms with Crippen molar-refractivity contribution in [2.75, 3.05) is 5.32 Å². The molecule has 2 aromatic carbocycles. The second-order valence-corrected chi connectivity index (χ2v) is 8.04. The molecule has 35 heavy (non-hydrogen) atoms. The lowest BCUT2D eigenvalue weighted by Crippen LogP contribution is -2.31. The summed E-state index contributed by atoms with van der Waals surface area (Å²) < 4.78 is 56.5. The van der Waals surface area contributed by atoms with Gasteiger partial charge in [0.2, 0.25) is 5.91 Å². The molecule has 0 unspecified atom stereocenters. The fraction of sp³-hybridized carbons (Fsp3) is 0.217. The van der Waals surface area contributed by atoms with Crippen LogP contribution in [0.2, 0.25) is 0 Å². The molecule has 0 radical (unpaired) electrons. The van der Waals surface area contributed by atoms with E-state index in [1.807, 2.05) is 0 Å². The van der Waals surface area contributed by atoms with Crippen molar-refractivity contribution < 1.29 is 27.1 Å². The SMILES string of the molecule is O=C(Cn1nc(C2CC2)c2cnn(-c3ccc(F)cc3)c2c1=O)Nc1ccc(OC(F)(F)F)cc1. The number of carbonyl (C=O) groups excluding carboxylic acids is 1. The first kappa shape index (κ1) is 22.6. The summed E-state index contributed by atoms with van der Waals surface area (Å²) in [7, 11) is 0. The highest BCUT2D eigenvalue weighted by Gasteiger charge is 2.31. The van der Waals surface area contributed by atoms with Crippen LogP contribution in [-0.2, 0) is 11.3 Å². The average Bonchev–Trinajstić information content (AvgIpc) is 3.54. The molecule has 5 rings (SSSR count). The molecule has 4 aromatic rings. The third-order valence-corrected chi connectivity index (χ3v) is 5.41. The van der Waals surface area contributed by atoms with Crippen molar-refractivity contribution in [3.8, 4) is 11.4 Å². The van der Waals surface area contributed by atoms with Gasteiger partial charge in [0.25, 0.3) is 5.56 Å². The number of hydrogen-bond donors (Lipinski definition) is 1. The molecule has 8 nitrogen and oxygen atoms in total.